The Labute approximate surface area is 96.6 Å². The van der Waals surface area contributed by atoms with Crippen molar-refractivity contribution in [1.82, 2.24) is 0 Å². The van der Waals surface area contributed by atoms with E-state index in [0.29, 0.717) is 12.0 Å². The van der Waals surface area contributed by atoms with Gasteiger partial charge in [0.25, 0.3) is 0 Å². The van der Waals surface area contributed by atoms with Crippen LogP contribution in [0.3, 0.4) is 0 Å². The molecule has 1 amide bonds. The maximum absolute atomic E-state index is 12.2. The predicted molar refractivity (Wildman–Crippen MR) is 56.8 cm³/mol. The van der Waals surface area contributed by atoms with Gasteiger partial charge in [-0.2, -0.15) is 13.2 Å². The van der Waals surface area contributed by atoms with Gasteiger partial charge in [0.1, 0.15) is 0 Å². The number of hydrogen-bond donors (Lipinski definition) is 1. The van der Waals surface area contributed by atoms with Crippen LogP contribution in [-0.2, 0) is 11.0 Å². The van der Waals surface area contributed by atoms with Crippen molar-refractivity contribution in [2.24, 2.45) is 5.73 Å². The van der Waals surface area contributed by atoms with Crippen LogP contribution < -0.4 is 5.73 Å². The summed E-state index contributed by atoms with van der Waals surface area (Å²) >= 11 is 0. The second-order valence-electron chi connectivity index (χ2n) is 3.34. The fraction of sp³-hybridized carbons (Fsp3) is 0.250. The number of benzene rings is 1. The molecule has 0 bridgehead atoms. The molecule has 5 heteroatoms. The van der Waals surface area contributed by atoms with E-state index in [-0.39, 0.29) is 6.42 Å². The summed E-state index contributed by atoms with van der Waals surface area (Å²) in [5, 5.41) is 0. The molecule has 0 fully saturated rings. The van der Waals surface area contributed by atoms with E-state index in [1.165, 1.54) is 12.1 Å². The van der Waals surface area contributed by atoms with Crippen molar-refractivity contribution in [2.45, 2.75) is 19.0 Å². The lowest BCUT2D eigenvalue weighted by molar-refractivity contribution is -0.137. The van der Waals surface area contributed by atoms with Crippen LogP contribution >= 0.6 is 0 Å². The van der Waals surface area contributed by atoms with Gasteiger partial charge in [0.2, 0.25) is 5.91 Å². The van der Waals surface area contributed by atoms with Crippen molar-refractivity contribution >= 4 is 5.91 Å². The molecule has 0 aliphatic rings. The van der Waals surface area contributed by atoms with Crippen LogP contribution in [0.1, 0.15) is 24.0 Å². The quantitative estimate of drug-likeness (QED) is 0.793. The highest BCUT2D eigenvalue weighted by atomic mass is 19.4. The molecule has 0 atom stereocenters. The summed E-state index contributed by atoms with van der Waals surface area (Å²) in [7, 11) is 0. The molecule has 0 aliphatic carbocycles. The molecule has 0 unspecified atom stereocenters. The number of amides is 1. The van der Waals surface area contributed by atoms with Crippen molar-refractivity contribution in [2.75, 3.05) is 0 Å². The van der Waals surface area contributed by atoms with Crippen molar-refractivity contribution in [3.05, 3.63) is 35.4 Å². The molecular formula is C12H10F3NO. The number of nitrogens with two attached hydrogens (primary N) is 1. The Bertz CT molecular complexity index is 451. The highest BCUT2D eigenvalue weighted by Crippen LogP contribution is 2.28. The van der Waals surface area contributed by atoms with E-state index in [2.05, 4.69) is 11.8 Å². The minimum Gasteiger partial charge on any atom is -0.370 e. The molecule has 2 nitrogen and oxygen atoms in total. The largest absolute Gasteiger partial charge is 0.416 e. The molecule has 0 saturated heterocycles. The van der Waals surface area contributed by atoms with Gasteiger partial charge >= 0.3 is 6.18 Å². The van der Waals surface area contributed by atoms with Gasteiger partial charge in [-0.1, -0.05) is 11.8 Å². The summed E-state index contributed by atoms with van der Waals surface area (Å²) in [5.74, 6) is 4.86. The third-order valence-corrected chi connectivity index (χ3v) is 1.94. The Morgan fingerprint density at radius 1 is 1.24 bits per heavy atom. The van der Waals surface area contributed by atoms with Crippen molar-refractivity contribution in [1.29, 1.82) is 0 Å². The molecule has 0 heterocycles. The average molecular weight is 241 g/mol. The normalized spacial score (nSPS) is 10.5. The summed E-state index contributed by atoms with van der Waals surface area (Å²) in [4.78, 5) is 10.4. The topological polar surface area (TPSA) is 43.1 Å². The number of alkyl halides is 3. The Morgan fingerprint density at radius 3 is 2.29 bits per heavy atom. The minimum atomic E-state index is -4.34. The molecule has 2 N–H and O–H groups in total. The Hall–Kier alpha value is -1.96. The van der Waals surface area contributed by atoms with E-state index in [1.807, 2.05) is 0 Å². The molecule has 0 spiro atoms. The lowest BCUT2D eigenvalue weighted by Gasteiger charge is -2.05. The number of carbonyl (C=O) groups is 1. The molecule has 1 rings (SSSR count). The van der Waals surface area contributed by atoms with Crippen molar-refractivity contribution in [3.8, 4) is 11.8 Å². The fourth-order valence-corrected chi connectivity index (χ4v) is 1.09. The van der Waals surface area contributed by atoms with Gasteiger partial charge < -0.3 is 5.73 Å². The van der Waals surface area contributed by atoms with E-state index in [1.54, 1.807) is 0 Å². The fourth-order valence-electron chi connectivity index (χ4n) is 1.09. The maximum Gasteiger partial charge on any atom is 0.416 e. The van der Waals surface area contributed by atoms with E-state index in [0.717, 1.165) is 12.1 Å². The van der Waals surface area contributed by atoms with Crippen molar-refractivity contribution in [3.63, 3.8) is 0 Å². The van der Waals surface area contributed by atoms with Crippen LogP contribution in [-0.4, -0.2) is 5.91 Å². The Balaban J connectivity index is 2.66. The van der Waals surface area contributed by atoms with Gasteiger partial charge in [0.05, 0.1) is 5.56 Å². The highest BCUT2D eigenvalue weighted by Gasteiger charge is 2.29. The third kappa shape index (κ3) is 4.60. The smallest absolute Gasteiger partial charge is 0.370 e. The van der Waals surface area contributed by atoms with Gasteiger partial charge in [-0.3, -0.25) is 4.79 Å². The van der Waals surface area contributed by atoms with Gasteiger partial charge in [0, 0.05) is 18.4 Å². The lowest BCUT2D eigenvalue weighted by Crippen LogP contribution is -2.08. The number of rotatable bonds is 2. The summed E-state index contributed by atoms with van der Waals surface area (Å²) in [6.07, 6.45) is -3.89. The SMILES string of the molecule is NC(=O)CCC#Cc1ccc(C(F)(F)F)cc1. The van der Waals surface area contributed by atoms with Crippen LogP contribution in [0.4, 0.5) is 13.2 Å². The molecule has 1 aromatic rings. The maximum atomic E-state index is 12.2. The van der Waals surface area contributed by atoms with E-state index in [4.69, 9.17) is 5.73 Å². The lowest BCUT2D eigenvalue weighted by atomic mass is 10.1. The minimum absolute atomic E-state index is 0.146. The number of halogens is 3. The van der Waals surface area contributed by atoms with Gasteiger partial charge in [0.15, 0.2) is 0 Å². The number of carbonyl (C=O) groups excluding carboxylic acids is 1. The van der Waals surface area contributed by atoms with Crippen LogP contribution in [0.15, 0.2) is 24.3 Å². The molecular weight excluding hydrogens is 231 g/mol. The Kier molecular flexibility index (Phi) is 4.16. The number of hydrogen-bond acceptors (Lipinski definition) is 1. The predicted octanol–water partition coefficient (Wildman–Crippen LogP) is 2.32. The van der Waals surface area contributed by atoms with Gasteiger partial charge in [-0.15, -0.1) is 0 Å². The van der Waals surface area contributed by atoms with Crippen LogP contribution in [0.2, 0.25) is 0 Å². The molecule has 0 radical (unpaired) electrons. The zero-order chi connectivity index (χ0) is 12.9. The molecule has 0 aromatic heterocycles. The zero-order valence-electron chi connectivity index (χ0n) is 8.84. The van der Waals surface area contributed by atoms with E-state index >= 15 is 0 Å². The summed E-state index contributed by atoms with van der Waals surface area (Å²) < 4.78 is 36.7. The number of primary amides is 1. The van der Waals surface area contributed by atoms with Crippen LogP contribution in [0.5, 0.6) is 0 Å². The zero-order valence-corrected chi connectivity index (χ0v) is 8.84. The monoisotopic (exact) mass is 241 g/mol. The molecule has 1 aromatic carbocycles. The molecule has 17 heavy (non-hydrogen) atoms. The van der Waals surface area contributed by atoms with Crippen molar-refractivity contribution < 1.29 is 18.0 Å². The van der Waals surface area contributed by atoms with E-state index < -0.39 is 17.6 Å². The first-order valence-corrected chi connectivity index (χ1v) is 4.84. The van der Waals surface area contributed by atoms with Crippen LogP contribution in [0, 0.1) is 11.8 Å². The highest BCUT2D eigenvalue weighted by molar-refractivity contribution is 5.73. The Morgan fingerprint density at radius 2 is 1.82 bits per heavy atom. The van der Waals surface area contributed by atoms with E-state index in [9.17, 15) is 18.0 Å². The van der Waals surface area contributed by atoms with Gasteiger partial charge in [-0.25, -0.2) is 0 Å². The summed E-state index contributed by atoms with van der Waals surface area (Å²) in [5.41, 5.74) is 4.67. The van der Waals surface area contributed by atoms with Crippen LogP contribution in [0.25, 0.3) is 0 Å². The summed E-state index contributed by atoms with van der Waals surface area (Å²) in [6, 6.07) is 4.52. The van der Waals surface area contributed by atoms with Gasteiger partial charge in [-0.05, 0) is 24.3 Å². The molecule has 90 valence electrons. The first-order chi connectivity index (χ1) is 7.89. The second kappa shape index (κ2) is 5.39. The molecule has 0 aliphatic heterocycles. The standard InChI is InChI=1S/C12H10F3NO/c13-12(14,15)10-7-5-9(6-8-10)3-1-2-4-11(16)17/h5-8H,2,4H2,(H2,16,17). The molecule has 0 saturated carbocycles. The summed E-state index contributed by atoms with van der Waals surface area (Å²) in [6.45, 7) is 0. The average Bonchev–Trinajstić information content (AvgIpc) is 2.23. The first kappa shape index (κ1) is 13.1. The third-order valence-electron chi connectivity index (χ3n) is 1.94. The second-order valence-corrected chi connectivity index (χ2v) is 3.34. The first-order valence-electron chi connectivity index (χ1n) is 4.84.